The van der Waals surface area contributed by atoms with Crippen molar-refractivity contribution in [2.75, 3.05) is 39.6 Å². The first-order chi connectivity index (χ1) is 39.8. The van der Waals surface area contributed by atoms with Gasteiger partial charge in [0.2, 0.25) is 0 Å². The van der Waals surface area contributed by atoms with Crippen LogP contribution in [0.1, 0.15) is 286 Å². The molecule has 83 heavy (non-hydrogen) atoms. The highest BCUT2D eigenvalue weighted by Crippen LogP contribution is 2.45. The number of esters is 4. The summed E-state index contributed by atoms with van der Waals surface area (Å²) in [6.07, 6.45) is 38.8. The van der Waals surface area contributed by atoms with Crippen molar-refractivity contribution in [3.05, 3.63) is 24.3 Å². The van der Waals surface area contributed by atoms with Crippen molar-refractivity contribution in [2.45, 2.75) is 304 Å². The zero-order valence-electron chi connectivity index (χ0n) is 53.1. The van der Waals surface area contributed by atoms with E-state index >= 15 is 0 Å². The van der Waals surface area contributed by atoms with Crippen LogP contribution in [0.25, 0.3) is 0 Å². The molecule has 0 aliphatic rings. The Bertz CT molecular complexity index is 1740. The number of carbonyl (C=O) groups excluding carboxylic acids is 4. The van der Waals surface area contributed by atoms with Crippen molar-refractivity contribution in [1.82, 2.24) is 0 Å². The molecule has 3 N–H and O–H groups in total. The van der Waals surface area contributed by atoms with Crippen molar-refractivity contribution >= 4 is 39.5 Å². The summed E-state index contributed by atoms with van der Waals surface area (Å²) in [4.78, 5) is 72.1. The van der Waals surface area contributed by atoms with E-state index in [0.29, 0.717) is 37.5 Å². The van der Waals surface area contributed by atoms with Gasteiger partial charge in [-0.3, -0.25) is 37.3 Å². The summed E-state index contributed by atoms with van der Waals surface area (Å²) in [6.45, 7) is 11.5. The molecule has 0 aliphatic carbocycles. The summed E-state index contributed by atoms with van der Waals surface area (Å²) >= 11 is 0. The van der Waals surface area contributed by atoms with E-state index in [1.165, 1.54) is 70.6 Å². The summed E-state index contributed by atoms with van der Waals surface area (Å²) in [5.41, 5.74) is 0. The van der Waals surface area contributed by atoms with Gasteiger partial charge >= 0.3 is 39.5 Å². The molecule has 0 aromatic rings. The van der Waals surface area contributed by atoms with Gasteiger partial charge in [0.15, 0.2) is 12.2 Å². The van der Waals surface area contributed by atoms with Crippen LogP contribution >= 0.6 is 15.6 Å². The maximum atomic E-state index is 13.0. The molecule has 0 aliphatic heterocycles. The Kier molecular flexibility index (Phi) is 53.3. The van der Waals surface area contributed by atoms with Crippen LogP contribution in [0.15, 0.2) is 24.3 Å². The van der Waals surface area contributed by atoms with Crippen LogP contribution in [0, 0.1) is 17.8 Å². The second kappa shape index (κ2) is 54.9. The van der Waals surface area contributed by atoms with Gasteiger partial charge in [0.25, 0.3) is 0 Å². The van der Waals surface area contributed by atoms with Gasteiger partial charge in [0, 0.05) is 25.7 Å². The number of hydrogen-bond donors (Lipinski definition) is 3. The average Bonchev–Trinajstić information content (AvgIpc) is 3.44. The van der Waals surface area contributed by atoms with Gasteiger partial charge in [-0.05, 0) is 69.1 Å². The SMILES string of the molecule is CCCCCC/C=C\C=C/CCCCCCCC(=O)O[C@H](COC(=O)CCCCCCCCC(C)C)COP(=O)(O)OC[C@@H](O)COP(=O)(O)OC[C@@H](COC(=O)CCCCCCCCC(C)CC)OC(=O)CCCCCCCCC(C)C. The second-order valence-electron chi connectivity index (χ2n) is 23.7. The van der Waals surface area contributed by atoms with Crippen molar-refractivity contribution in [1.29, 1.82) is 0 Å². The van der Waals surface area contributed by atoms with E-state index in [4.69, 9.17) is 37.0 Å². The molecule has 3 unspecified atom stereocenters. The fourth-order valence-electron chi connectivity index (χ4n) is 8.91. The molecule has 0 spiro atoms. The average molecular weight is 1220 g/mol. The first kappa shape index (κ1) is 80.5. The van der Waals surface area contributed by atoms with E-state index in [-0.39, 0.29) is 25.7 Å². The molecule has 0 radical (unpaired) electrons. The Hall–Kier alpha value is -2.46. The minimum Gasteiger partial charge on any atom is -0.462 e. The monoisotopic (exact) mass is 1220 g/mol. The zero-order valence-corrected chi connectivity index (χ0v) is 54.9. The third-order valence-electron chi connectivity index (χ3n) is 14.4. The number of carbonyl (C=O) groups is 4. The lowest BCUT2D eigenvalue weighted by atomic mass is 10.00. The number of aliphatic hydroxyl groups is 1. The van der Waals surface area contributed by atoms with E-state index in [2.05, 4.69) is 72.8 Å². The minimum atomic E-state index is -4.95. The lowest BCUT2D eigenvalue weighted by Crippen LogP contribution is -2.30. The van der Waals surface area contributed by atoms with Crippen LogP contribution in [0.3, 0.4) is 0 Å². The van der Waals surface area contributed by atoms with Gasteiger partial charge in [-0.1, -0.05) is 233 Å². The lowest BCUT2D eigenvalue weighted by molar-refractivity contribution is -0.161. The smallest absolute Gasteiger partial charge is 0.462 e. The number of unbranched alkanes of at least 4 members (excludes halogenated alkanes) is 24. The molecule has 0 bridgehead atoms. The molecule has 0 aromatic heterocycles. The number of phosphoric ester groups is 2. The summed E-state index contributed by atoms with van der Waals surface area (Å²) < 4.78 is 67.9. The largest absolute Gasteiger partial charge is 0.472 e. The molecule has 0 saturated heterocycles. The predicted molar refractivity (Wildman–Crippen MR) is 330 cm³/mol. The summed E-state index contributed by atoms with van der Waals surface area (Å²) in [6, 6.07) is 0. The molecule has 0 heterocycles. The Balaban J connectivity index is 5.27. The maximum Gasteiger partial charge on any atom is 0.472 e. The molecular weight excluding hydrogens is 1100 g/mol. The molecule has 0 rings (SSSR count). The highest BCUT2D eigenvalue weighted by atomic mass is 31.2. The molecule has 0 amide bonds. The quantitative estimate of drug-likeness (QED) is 0.0169. The van der Waals surface area contributed by atoms with E-state index in [1.807, 2.05) is 0 Å². The third kappa shape index (κ3) is 57.1. The van der Waals surface area contributed by atoms with Gasteiger partial charge in [0.05, 0.1) is 26.4 Å². The van der Waals surface area contributed by atoms with Crippen molar-refractivity contribution in [3.63, 3.8) is 0 Å². The van der Waals surface area contributed by atoms with Gasteiger partial charge in [-0.25, -0.2) is 9.13 Å². The van der Waals surface area contributed by atoms with Gasteiger partial charge in [-0.2, -0.15) is 0 Å². The third-order valence-corrected chi connectivity index (χ3v) is 16.3. The first-order valence-electron chi connectivity index (χ1n) is 32.7. The van der Waals surface area contributed by atoms with Crippen LogP contribution in [0.4, 0.5) is 0 Å². The van der Waals surface area contributed by atoms with Crippen LogP contribution < -0.4 is 0 Å². The van der Waals surface area contributed by atoms with Crippen LogP contribution in [0.5, 0.6) is 0 Å². The predicted octanol–water partition coefficient (Wildman–Crippen LogP) is 17.1. The van der Waals surface area contributed by atoms with Crippen molar-refractivity contribution in [2.24, 2.45) is 17.8 Å². The number of ether oxygens (including phenoxy) is 4. The van der Waals surface area contributed by atoms with E-state index < -0.39 is 97.5 Å². The van der Waals surface area contributed by atoms with Crippen molar-refractivity contribution in [3.8, 4) is 0 Å². The molecule has 19 heteroatoms. The molecule has 6 atom stereocenters. The summed E-state index contributed by atoms with van der Waals surface area (Å²) in [5.74, 6) is -0.101. The fourth-order valence-corrected chi connectivity index (χ4v) is 10.5. The van der Waals surface area contributed by atoms with E-state index in [1.54, 1.807) is 0 Å². The normalized spacial score (nSPS) is 14.9. The standard InChI is InChI=1S/C64H120O17P2/c1-8-10-11-12-13-14-15-16-17-18-19-20-21-33-40-47-63(68)80-59(51-74-61(66)45-38-31-25-22-28-35-42-55(3)4)53-78-82(70,71)76-49-58(65)50-77-83(72,73)79-54-60(81-64(69)48-41-34-26-23-29-36-43-56(5)6)52-75-62(67)46-39-32-27-24-30-37-44-57(7)9-2/h14-17,55-60,65H,8-13,18-54H2,1-7H3,(H,70,71)(H,72,73)/b15-14-,17-16-/t57?,58-,59-,60-/m1/s1. The van der Waals surface area contributed by atoms with Crippen molar-refractivity contribution < 1.29 is 80.2 Å². The Labute approximate surface area is 503 Å². The molecule has 0 saturated carbocycles. The minimum absolute atomic E-state index is 0.0831. The Morgan fingerprint density at radius 3 is 1.07 bits per heavy atom. The van der Waals surface area contributed by atoms with Gasteiger partial charge in [0.1, 0.15) is 19.3 Å². The highest BCUT2D eigenvalue weighted by molar-refractivity contribution is 7.47. The second-order valence-corrected chi connectivity index (χ2v) is 26.6. The highest BCUT2D eigenvalue weighted by Gasteiger charge is 2.30. The number of allylic oxidation sites excluding steroid dienone is 4. The summed E-state index contributed by atoms with van der Waals surface area (Å²) in [5, 5.41) is 10.5. The van der Waals surface area contributed by atoms with Crippen LogP contribution in [-0.2, 0) is 65.4 Å². The first-order valence-corrected chi connectivity index (χ1v) is 35.7. The van der Waals surface area contributed by atoms with E-state index in [0.717, 1.165) is 121 Å². The lowest BCUT2D eigenvalue weighted by Gasteiger charge is -2.21. The van der Waals surface area contributed by atoms with Gasteiger partial charge < -0.3 is 33.8 Å². The van der Waals surface area contributed by atoms with E-state index in [9.17, 15) is 43.2 Å². The number of phosphoric acid groups is 2. The number of hydrogen-bond acceptors (Lipinski definition) is 15. The fraction of sp³-hybridized carbons (Fsp3) is 0.875. The van der Waals surface area contributed by atoms with Crippen LogP contribution in [-0.4, -0.2) is 96.7 Å². The molecule has 17 nitrogen and oxygen atoms in total. The number of aliphatic hydroxyl groups excluding tert-OH is 1. The van der Waals surface area contributed by atoms with Gasteiger partial charge in [-0.15, -0.1) is 0 Å². The zero-order chi connectivity index (χ0) is 61.7. The summed E-state index contributed by atoms with van der Waals surface area (Å²) in [7, 11) is -9.90. The molecular formula is C64H120O17P2. The molecule has 488 valence electrons. The Morgan fingerprint density at radius 2 is 0.711 bits per heavy atom. The molecule has 0 fully saturated rings. The number of rotatable bonds is 60. The van der Waals surface area contributed by atoms with Crippen LogP contribution in [0.2, 0.25) is 0 Å². The Morgan fingerprint density at radius 1 is 0.398 bits per heavy atom. The topological polar surface area (TPSA) is 237 Å². The molecule has 0 aromatic carbocycles. The maximum absolute atomic E-state index is 13.0.